The Morgan fingerprint density at radius 2 is 1.73 bits per heavy atom. The largest absolute Gasteiger partial charge is 0.324 e. The van der Waals surface area contributed by atoms with E-state index in [0.717, 1.165) is 29.1 Å². The normalized spacial score (nSPS) is 15.1. The zero-order valence-electron chi connectivity index (χ0n) is 25.2. The predicted octanol–water partition coefficient (Wildman–Crippen LogP) is 7.43. The number of piperidine rings is 1. The summed E-state index contributed by atoms with van der Waals surface area (Å²) < 4.78 is 43.7. The molecule has 1 atom stereocenters. The van der Waals surface area contributed by atoms with Gasteiger partial charge in [0.1, 0.15) is 11.6 Å². The number of hydrogen-bond acceptors (Lipinski definition) is 5. The van der Waals surface area contributed by atoms with E-state index >= 15 is 0 Å². The van der Waals surface area contributed by atoms with Gasteiger partial charge in [-0.25, -0.2) is 22.3 Å². The molecule has 1 aliphatic rings. The summed E-state index contributed by atoms with van der Waals surface area (Å²) >= 11 is 6.25. The number of benzene rings is 3. The highest BCUT2D eigenvalue weighted by Crippen LogP contribution is 2.42. The van der Waals surface area contributed by atoms with E-state index in [9.17, 15) is 17.6 Å². The number of nitrogens with one attached hydrogen (secondary N) is 3. The van der Waals surface area contributed by atoms with Crippen molar-refractivity contribution in [3.63, 3.8) is 0 Å². The summed E-state index contributed by atoms with van der Waals surface area (Å²) in [5, 5.41) is 12.7. The average molecular weight is 638 g/mol. The van der Waals surface area contributed by atoms with E-state index in [1.54, 1.807) is 28.9 Å². The van der Waals surface area contributed by atoms with Crippen molar-refractivity contribution in [3.8, 4) is 5.69 Å². The molecule has 0 spiro atoms. The number of halogens is 2. The van der Waals surface area contributed by atoms with Gasteiger partial charge in [-0.1, -0.05) is 62.2 Å². The minimum absolute atomic E-state index is 0.112. The number of nitrogens with zero attached hydrogens (tertiary/aromatic N) is 2. The van der Waals surface area contributed by atoms with Gasteiger partial charge >= 0.3 is 6.03 Å². The smallest absolute Gasteiger partial charge is 0.317 e. The zero-order chi connectivity index (χ0) is 31.6. The third-order valence-corrected chi connectivity index (χ3v) is 10.5. The number of carbonyl (C=O) groups excluding carboxylic acids is 1. The van der Waals surface area contributed by atoms with Gasteiger partial charge in [0, 0.05) is 17.2 Å². The molecule has 1 aromatic heterocycles. The quantitative estimate of drug-likeness (QED) is 0.183. The first-order valence-corrected chi connectivity index (χ1v) is 16.5. The number of urea groups is 1. The van der Waals surface area contributed by atoms with Crippen molar-refractivity contribution >= 4 is 39.0 Å². The number of carbonyl (C=O) groups is 1. The Hall–Kier alpha value is -3.73. The Bertz CT molecular complexity index is 1760. The highest BCUT2D eigenvalue weighted by Gasteiger charge is 2.38. The van der Waals surface area contributed by atoms with Gasteiger partial charge < -0.3 is 10.6 Å². The van der Waals surface area contributed by atoms with Crippen LogP contribution in [-0.2, 0) is 15.3 Å². The summed E-state index contributed by atoms with van der Waals surface area (Å²) in [4.78, 5) is 13.2. The summed E-state index contributed by atoms with van der Waals surface area (Å²) in [7, 11) is -4.01. The molecule has 44 heavy (non-hydrogen) atoms. The summed E-state index contributed by atoms with van der Waals surface area (Å²) in [6.07, 6.45) is 1.28. The van der Waals surface area contributed by atoms with Gasteiger partial charge in [0.15, 0.2) is 9.84 Å². The van der Waals surface area contributed by atoms with Crippen LogP contribution in [0.5, 0.6) is 0 Å². The molecule has 4 aromatic rings. The van der Waals surface area contributed by atoms with E-state index in [0.29, 0.717) is 43.0 Å². The van der Waals surface area contributed by atoms with Crippen LogP contribution in [-0.4, -0.2) is 37.3 Å². The topological polar surface area (TPSA) is 105 Å². The molecule has 0 bridgehead atoms. The van der Waals surface area contributed by atoms with Crippen molar-refractivity contribution in [1.29, 1.82) is 0 Å². The second-order valence-corrected chi connectivity index (χ2v) is 14.7. The van der Waals surface area contributed by atoms with Gasteiger partial charge in [-0.15, -0.1) is 0 Å². The second-order valence-electron chi connectivity index (χ2n) is 12.2. The molecule has 5 rings (SSSR count). The molecule has 1 aliphatic heterocycles. The number of sulfone groups is 1. The van der Waals surface area contributed by atoms with Crippen LogP contribution in [0.25, 0.3) is 5.69 Å². The standard InChI is InChI=1S/C33H37ClFN5O3S/c1-21-8-11-26(12-9-21)40-30(20-29(39-40)33(2,3)4)38-32(41)37-25-7-5-6-23(18-25)31(22-14-16-36-17-15-22)44(42,43)28-13-10-24(35)19-27(28)34/h5-13,18-20,22,31,36H,14-17H2,1-4H3,(H2,37,38,41). The van der Waals surface area contributed by atoms with Crippen LogP contribution in [0.4, 0.5) is 20.7 Å². The third kappa shape index (κ3) is 6.98. The molecule has 2 amide bonds. The van der Waals surface area contributed by atoms with Crippen molar-refractivity contribution in [2.75, 3.05) is 23.7 Å². The predicted molar refractivity (Wildman–Crippen MR) is 173 cm³/mol. The molecule has 3 aromatic carbocycles. The number of aryl methyl sites for hydroxylation is 1. The van der Waals surface area contributed by atoms with Crippen LogP contribution in [0.1, 0.15) is 55.7 Å². The van der Waals surface area contributed by atoms with E-state index in [1.165, 1.54) is 6.07 Å². The van der Waals surface area contributed by atoms with Gasteiger partial charge in [0.05, 0.1) is 26.5 Å². The van der Waals surface area contributed by atoms with Crippen molar-refractivity contribution in [2.24, 2.45) is 5.92 Å². The van der Waals surface area contributed by atoms with Crippen LogP contribution >= 0.6 is 11.6 Å². The fourth-order valence-corrected chi connectivity index (χ4v) is 8.12. The van der Waals surface area contributed by atoms with Gasteiger partial charge in [0.2, 0.25) is 0 Å². The Morgan fingerprint density at radius 3 is 2.39 bits per heavy atom. The first kappa shape index (κ1) is 31.7. The SMILES string of the molecule is Cc1ccc(-n2nc(C(C)(C)C)cc2NC(=O)Nc2cccc(C(C3CCNCC3)S(=O)(=O)c3ccc(F)cc3Cl)c2)cc1. The lowest BCUT2D eigenvalue weighted by Crippen LogP contribution is -2.34. The maximum absolute atomic E-state index is 14.1. The van der Waals surface area contributed by atoms with Crippen molar-refractivity contribution in [1.82, 2.24) is 15.1 Å². The van der Waals surface area contributed by atoms with Crippen LogP contribution in [0, 0.1) is 18.7 Å². The number of aromatic nitrogens is 2. The molecule has 0 saturated carbocycles. The van der Waals surface area contributed by atoms with Gasteiger partial charge in [-0.05, 0) is 86.8 Å². The minimum atomic E-state index is -4.01. The maximum Gasteiger partial charge on any atom is 0.324 e. The van der Waals surface area contributed by atoms with E-state index in [4.69, 9.17) is 16.7 Å². The number of amides is 2. The lowest BCUT2D eigenvalue weighted by atomic mass is 9.90. The molecule has 8 nitrogen and oxygen atoms in total. The Labute approximate surface area is 262 Å². The highest BCUT2D eigenvalue weighted by atomic mass is 35.5. The Balaban J connectivity index is 1.44. The second kappa shape index (κ2) is 12.7. The molecular formula is C33H37ClFN5O3S. The fraction of sp³-hybridized carbons (Fsp3) is 0.333. The molecule has 1 saturated heterocycles. The molecule has 1 unspecified atom stereocenters. The molecule has 11 heteroatoms. The first-order valence-electron chi connectivity index (χ1n) is 14.6. The number of hydrogen-bond donors (Lipinski definition) is 3. The molecule has 0 aliphatic carbocycles. The van der Waals surface area contributed by atoms with Crippen molar-refractivity contribution < 1.29 is 17.6 Å². The number of rotatable bonds is 7. The summed E-state index contributed by atoms with van der Waals surface area (Å²) in [5.41, 5.74) is 3.42. The summed E-state index contributed by atoms with van der Waals surface area (Å²) in [5.74, 6) is -0.317. The van der Waals surface area contributed by atoms with Crippen molar-refractivity contribution in [2.45, 2.75) is 56.1 Å². The van der Waals surface area contributed by atoms with E-state index in [-0.39, 0.29) is 21.3 Å². The Morgan fingerprint density at radius 1 is 1.02 bits per heavy atom. The summed E-state index contributed by atoms with van der Waals surface area (Å²) in [6.45, 7) is 9.52. The number of anilines is 2. The summed E-state index contributed by atoms with van der Waals surface area (Å²) in [6, 6.07) is 19.4. The van der Waals surface area contributed by atoms with E-state index in [1.807, 2.05) is 37.3 Å². The monoisotopic (exact) mass is 637 g/mol. The van der Waals surface area contributed by atoms with Crippen LogP contribution in [0.2, 0.25) is 5.02 Å². The molecule has 0 radical (unpaired) electrons. The van der Waals surface area contributed by atoms with Crippen molar-refractivity contribution in [3.05, 3.63) is 100 Å². The molecule has 232 valence electrons. The maximum atomic E-state index is 14.1. The lowest BCUT2D eigenvalue weighted by molar-refractivity contribution is 0.262. The first-order chi connectivity index (χ1) is 20.8. The van der Waals surface area contributed by atoms with Crippen LogP contribution < -0.4 is 16.0 Å². The highest BCUT2D eigenvalue weighted by molar-refractivity contribution is 7.91. The van der Waals surface area contributed by atoms with Gasteiger partial charge in [-0.2, -0.15) is 5.10 Å². The molecule has 2 heterocycles. The zero-order valence-corrected chi connectivity index (χ0v) is 26.8. The third-order valence-electron chi connectivity index (χ3n) is 7.82. The van der Waals surface area contributed by atoms with Crippen LogP contribution in [0.15, 0.2) is 77.7 Å². The van der Waals surface area contributed by atoms with Gasteiger partial charge in [0.25, 0.3) is 0 Å². The average Bonchev–Trinajstić information content (AvgIpc) is 3.38. The molecular weight excluding hydrogens is 601 g/mol. The molecule has 1 fully saturated rings. The van der Waals surface area contributed by atoms with Gasteiger partial charge in [-0.3, -0.25) is 5.32 Å². The Kier molecular flexibility index (Phi) is 9.15. The lowest BCUT2D eigenvalue weighted by Gasteiger charge is -2.31. The fourth-order valence-electron chi connectivity index (χ4n) is 5.49. The molecule has 3 N–H and O–H groups in total. The van der Waals surface area contributed by atoms with E-state index in [2.05, 4.69) is 36.7 Å². The minimum Gasteiger partial charge on any atom is -0.317 e. The van der Waals surface area contributed by atoms with E-state index < -0.39 is 26.9 Å². The van der Waals surface area contributed by atoms with Crippen LogP contribution in [0.3, 0.4) is 0 Å².